The SMILES string of the molecule is CCCn1nc(C(=O)NCCO)ccc1=O. The first-order valence-corrected chi connectivity index (χ1v) is 5.16. The second-order valence-corrected chi connectivity index (χ2v) is 3.26. The molecular formula is C10H15N3O3. The van der Waals surface area contributed by atoms with Crippen LogP contribution in [0.5, 0.6) is 0 Å². The lowest BCUT2D eigenvalue weighted by Gasteiger charge is -2.05. The van der Waals surface area contributed by atoms with Gasteiger partial charge in [-0.2, -0.15) is 5.10 Å². The third kappa shape index (κ3) is 3.16. The largest absolute Gasteiger partial charge is 0.395 e. The van der Waals surface area contributed by atoms with E-state index in [4.69, 9.17) is 5.11 Å². The lowest BCUT2D eigenvalue weighted by molar-refractivity contribution is 0.0937. The number of aryl methyl sites for hydroxylation is 1. The van der Waals surface area contributed by atoms with Gasteiger partial charge < -0.3 is 10.4 Å². The van der Waals surface area contributed by atoms with Crippen LogP contribution in [0.3, 0.4) is 0 Å². The van der Waals surface area contributed by atoms with Gasteiger partial charge in [0, 0.05) is 19.2 Å². The number of aliphatic hydroxyl groups excluding tert-OH is 1. The molecule has 6 nitrogen and oxygen atoms in total. The van der Waals surface area contributed by atoms with Crippen LogP contribution < -0.4 is 10.9 Å². The molecule has 0 bridgehead atoms. The first-order chi connectivity index (χ1) is 7.69. The van der Waals surface area contributed by atoms with Crippen LogP contribution in [0.2, 0.25) is 0 Å². The number of aliphatic hydroxyl groups is 1. The van der Waals surface area contributed by atoms with Gasteiger partial charge in [0.2, 0.25) is 0 Å². The van der Waals surface area contributed by atoms with Crippen molar-refractivity contribution in [2.45, 2.75) is 19.9 Å². The Morgan fingerprint density at radius 1 is 1.56 bits per heavy atom. The van der Waals surface area contributed by atoms with E-state index in [-0.39, 0.29) is 30.3 Å². The van der Waals surface area contributed by atoms with Gasteiger partial charge in [0.25, 0.3) is 11.5 Å². The third-order valence-corrected chi connectivity index (χ3v) is 1.93. The van der Waals surface area contributed by atoms with Crippen LogP contribution in [0, 0.1) is 0 Å². The van der Waals surface area contributed by atoms with Crippen LogP contribution in [0.15, 0.2) is 16.9 Å². The molecule has 1 aromatic rings. The second kappa shape index (κ2) is 6.02. The molecule has 88 valence electrons. The number of rotatable bonds is 5. The van der Waals surface area contributed by atoms with Gasteiger partial charge in [-0.05, 0) is 12.5 Å². The van der Waals surface area contributed by atoms with E-state index >= 15 is 0 Å². The number of aromatic nitrogens is 2. The van der Waals surface area contributed by atoms with Crippen molar-refractivity contribution in [2.24, 2.45) is 0 Å². The number of amides is 1. The molecule has 0 aliphatic carbocycles. The van der Waals surface area contributed by atoms with Crippen molar-refractivity contribution in [1.29, 1.82) is 0 Å². The van der Waals surface area contributed by atoms with Crippen molar-refractivity contribution in [3.05, 3.63) is 28.2 Å². The summed E-state index contributed by atoms with van der Waals surface area (Å²) in [5.41, 5.74) is -0.0398. The Labute approximate surface area is 92.9 Å². The standard InChI is InChI=1S/C10H15N3O3/c1-2-6-13-9(15)4-3-8(12-13)10(16)11-5-7-14/h3-4,14H,2,5-7H2,1H3,(H,11,16). The van der Waals surface area contributed by atoms with Gasteiger partial charge in [-0.3, -0.25) is 9.59 Å². The molecule has 0 saturated heterocycles. The Balaban J connectivity index is 2.85. The van der Waals surface area contributed by atoms with Gasteiger partial charge >= 0.3 is 0 Å². The van der Waals surface area contributed by atoms with E-state index in [9.17, 15) is 9.59 Å². The van der Waals surface area contributed by atoms with Crippen LogP contribution in [0.1, 0.15) is 23.8 Å². The Bertz CT molecular complexity index is 414. The molecule has 0 radical (unpaired) electrons. The zero-order chi connectivity index (χ0) is 12.0. The normalized spacial score (nSPS) is 10.1. The lowest BCUT2D eigenvalue weighted by atomic mass is 10.3. The maximum Gasteiger partial charge on any atom is 0.271 e. The molecule has 0 atom stereocenters. The van der Waals surface area contributed by atoms with Crippen LogP contribution in [0.4, 0.5) is 0 Å². The van der Waals surface area contributed by atoms with Crippen molar-refractivity contribution in [2.75, 3.05) is 13.2 Å². The maximum absolute atomic E-state index is 11.5. The zero-order valence-electron chi connectivity index (χ0n) is 9.14. The molecule has 0 aliphatic rings. The summed E-state index contributed by atoms with van der Waals surface area (Å²) in [4.78, 5) is 22.8. The second-order valence-electron chi connectivity index (χ2n) is 3.26. The van der Waals surface area contributed by atoms with E-state index in [2.05, 4.69) is 10.4 Å². The van der Waals surface area contributed by atoms with E-state index in [1.807, 2.05) is 6.92 Å². The predicted octanol–water partition coefficient (Wildman–Crippen LogP) is -0.625. The summed E-state index contributed by atoms with van der Waals surface area (Å²) in [6.07, 6.45) is 0.772. The van der Waals surface area contributed by atoms with Crippen LogP contribution >= 0.6 is 0 Å². The molecule has 0 aromatic carbocycles. The molecule has 0 aliphatic heterocycles. The van der Waals surface area contributed by atoms with Gasteiger partial charge in [-0.1, -0.05) is 6.92 Å². The average molecular weight is 225 g/mol. The topological polar surface area (TPSA) is 84.2 Å². The highest BCUT2D eigenvalue weighted by atomic mass is 16.3. The molecular weight excluding hydrogens is 210 g/mol. The molecule has 0 fully saturated rings. The average Bonchev–Trinajstić information content (AvgIpc) is 2.29. The fourth-order valence-electron chi connectivity index (χ4n) is 1.20. The number of hydrogen-bond acceptors (Lipinski definition) is 4. The molecule has 0 saturated carbocycles. The number of nitrogens with zero attached hydrogens (tertiary/aromatic N) is 2. The summed E-state index contributed by atoms with van der Waals surface area (Å²) in [6.45, 7) is 2.46. The van der Waals surface area contributed by atoms with Crippen molar-refractivity contribution in [1.82, 2.24) is 15.1 Å². The molecule has 2 N–H and O–H groups in total. The van der Waals surface area contributed by atoms with Crippen molar-refractivity contribution < 1.29 is 9.90 Å². The summed E-state index contributed by atoms with van der Waals surface area (Å²) in [5, 5.41) is 15.0. The molecule has 16 heavy (non-hydrogen) atoms. The summed E-state index contributed by atoms with van der Waals surface area (Å²) in [6, 6.07) is 2.69. The monoisotopic (exact) mass is 225 g/mol. The predicted molar refractivity (Wildman–Crippen MR) is 58.2 cm³/mol. The van der Waals surface area contributed by atoms with Crippen molar-refractivity contribution in [3.63, 3.8) is 0 Å². The van der Waals surface area contributed by atoms with E-state index in [1.165, 1.54) is 16.8 Å². The van der Waals surface area contributed by atoms with E-state index in [1.54, 1.807) is 0 Å². The Morgan fingerprint density at radius 3 is 2.94 bits per heavy atom. The zero-order valence-corrected chi connectivity index (χ0v) is 9.14. The molecule has 1 rings (SSSR count). The molecule has 0 unspecified atom stereocenters. The highest BCUT2D eigenvalue weighted by molar-refractivity contribution is 5.91. The highest BCUT2D eigenvalue weighted by Gasteiger charge is 2.08. The summed E-state index contributed by atoms with van der Waals surface area (Å²) in [5.74, 6) is -0.390. The quantitative estimate of drug-likeness (QED) is 0.699. The summed E-state index contributed by atoms with van der Waals surface area (Å²) < 4.78 is 1.26. The number of carbonyl (C=O) groups is 1. The minimum atomic E-state index is -0.390. The number of hydrogen-bond donors (Lipinski definition) is 2. The highest BCUT2D eigenvalue weighted by Crippen LogP contribution is 1.91. The fourth-order valence-corrected chi connectivity index (χ4v) is 1.20. The minimum Gasteiger partial charge on any atom is -0.395 e. The Hall–Kier alpha value is -1.69. The van der Waals surface area contributed by atoms with Gasteiger partial charge in [0.05, 0.1) is 6.61 Å². The smallest absolute Gasteiger partial charge is 0.271 e. The van der Waals surface area contributed by atoms with Crippen LogP contribution in [-0.4, -0.2) is 33.9 Å². The first-order valence-electron chi connectivity index (χ1n) is 5.16. The maximum atomic E-state index is 11.5. The number of nitrogens with one attached hydrogen (secondary N) is 1. The third-order valence-electron chi connectivity index (χ3n) is 1.93. The Morgan fingerprint density at radius 2 is 2.31 bits per heavy atom. The minimum absolute atomic E-state index is 0.125. The lowest BCUT2D eigenvalue weighted by Crippen LogP contribution is -2.31. The molecule has 6 heteroatoms. The van der Waals surface area contributed by atoms with E-state index < -0.39 is 0 Å². The summed E-state index contributed by atoms with van der Waals surface area (Å²) >= 11 is 0. The Kier molecular flexibility index (Phi) is 4.65. The molecule has 1 heterocycles. The molecule has 1 amide bonds. The number of carbonyl (C=O) groups excluding carboxylic acids is 1. The van der Waals surface area contributed by atoms with Crippen LogP contribution in [-0.2, 0) is 6.54 Å². The van der Waals surface area contributed by atoms with E-state index in [0.717, 1.165) is 6.42 Å². The van der Waals surface area contributed by atoms with Gasteiger partial charge in [-0.15, -0.1) is 0 Å². The molecule has 1 aromatic heterocycles. The van der Waals surface area contributed by atoms with Gasteiger partial charge in [0.15, 0.2) is 0 Å². The van der Waals surface area contributed by atoms with Crippen molar-refractivity contribution in [3.8, 4) is 0 Å². The van der Waals surface area contributed by atoms with E-state index in [0.29, 0.717) is 6.54 Å². The first kappa shape index (κ1) is 12.4. The fraction of sp³-hybridized carbons (Fsp3) is 0.500. The van der Waals surface area contributed by atoms with Crippen LogP contribution in [0.25, 0.3) is 0 Å². The van der Waals surface area contributed by atoms with Gasteiger partial charge in [0.1, 0.15) is 5.69 Å². The van der Waals surface area contributed by atoms with Crippen molar-refractivity contribution >= 4 is 5.91 Å². The molecule has 0 spiro atoms. The summed E-state index contributed by atoms with van der Waals surface area (Å²) in [7, 11) is 0. The van der Waals surface area contributed by atoms with Gasteiger partial charge in [-0.25, -0.2) is 4.68 Å².